The first-order chi connectivity index (χ1) is 8.35. The maximum atomic E-state index is 5.50. The molecule has 0 N–H and O–H groups in total. The predicted octanol–water partition coefficient (Wildman–Crippen LogP) is 3.81. The van der Waals surface area contributed by atoms with Crippen LogP contribution >= 0.6 is 0 Å². The Hall–Kier alpha value is -0.0551. The van der Waals surface area contributed by atoms with E-state index in [2.05, 4.69) is 13.8 Å². The van der Waals surface area contributed by atoms with E-state index in [-0.39, 0.29) is 0 Å². The molecule has 0 unspecified atom stereocenters. The number of hydrogen-bond donors (Lipinski definition) is 0. The second-order valence-corrected chi connectivity index (χ2v) is 4.39. The maximum Gasteiger partial charge on any atom is 0.639 e. The molecule has 0 atom stereocenters. The zero-order valence-electron chi connectivity index (χ0n) is 11.9. The molecule has 0 aliphatic heterocycles. The lowest BCUT2D eigenvalue weighted by molar-refractivity contribution is 0.109. The summed E-state index contributed by atoms with van der Waals surface area (Å²) in [6.45, 7) is 5.87. The third-order valence-corrected chi connectivity index (χ3v) is 2.70. The second kappa shape index (κ2) is 14.0. The summed E-state index contributed by atoms with van der Waals surface area (Å²) in [4.78, 5) is 0. The van der Waals surface area contributed by atoms with Crippen LogP contribution in [0.4, 0.5) is 0 Å². The minimum absolute atomic E-state index is 0.474. The van der Waals surface area contributed by atoms with E-state index in [0.717, 1.165) is 26.1 Å². The van der Waals surface area contributed by atoms with Crippen molar-refractivity contribution in [2.24, 2.45) is 0 Å². The van der Waals surface area contributed by atoms with E-state index in [9.17, 15) is 0 Å². The largest absolute Gasteiger partial charge is 0.639 e. The van der Waals surface area contributed by atoms with Crippen LogP contribution < -0.4 is 0 Å². The Bertz CT molecular complexity index is 131. The highest BCUT2D eigenvalue weighted by Crippen LogP contribution is 2.03. The average molecular weight is 244 g/mol. The van der Waals surface area contributed by atoms with Crippen LogP contribution in [0.1, 0.15) is 65.2 Å². The van der Waals surface area contributed by atoms with Gasteiger partial charge in [0.1, 0.15) is 0 Å². The van der Waals surface area contributed by atoms with Crippen molar-refractivity contribution in [3.8, 4) is 0 Å². The molecule has 0 radical (unpaired) electrons. The molecule has 0 aromatic heterocycles. The third-order valence-electron chi connectivity index (χ3n) is 2.70. The van der Waals surface area contributed by atoms with Gasteiger partial charge in [-0.2, -0.15) is 0 Å². The molecule has 0 heterocycles. The van der Waals surface area contributed by atoms with Crippen LogP contribution in [-0.4, -0.2) is 27.6 Å². The van der Waals surface area contributed by atoms with Gasteiger partial charge >= 0.3 is 7.32 Å². The smallest absolute Gasteiger partial charge is 0.389 e. The molecule has 0 rings (SSSR count). The third kappa shape index (κ3) is 12.2. The molecule has 0 aliphatic rings. The molecule has 0 aromatic rings. The van der Waals surface area contributed by atoms with Gasteiger partial charge in [0.15, 0.2) is 0 Å². The van der Waals surface area contributed by atoms with Crippen LogP contribution in [0.15, 0.2) is 0 Å². The molecule has 0 aromatic carbocycles. The molecule has 3 nitrogen and oxygen atoms in total. The average Bonchev–Trinajstić information content (AvgIpc) is 2.36. The first-order valence-electron chi connectivity index (χ1n) is 7.11. The zero-order chi connectivity index (χ0) is 12.8. The highest BCUT2D eigenvalue weighted by Gasteiger charge is 2.18. The molecular weight excluding hydrogens is 215 g/mol. The summed E-state index contributed by atoms with van der Waals surface area (Å²) >= 11 is 0. The maximum absolute atomic E-state index is 5.50. The van der Waals surface area contributed by atoms with E-state index in [1.165, 1.54) is 38.5 Å². The lowest BCUT2D eigenvalue weighted by atomic mass is 10.2. The quantitative estimate of drug-likeness (QED) is 0.364. The summed E-state index contributed by atoms with van der Waals surface area (Å²) in [6.07, 6.45) is 9.69. The number of rotatable bonds is 13. The SMILES string of the molecule is CCCCCCOB(OC)OCCCCCC. The van der Waals surface area contributed by atoms with Crippen molar-refractivity contribution in [3.05, 3.63) is 0 Å². The summed E-state index contributed by atoms with van der Waals surface area (Å²) < 4.78 is 16.1. The molecule has 0 aliphatic carbocycles. The lowest BCUT2D eigenvalue weighted by Gasteiger charge is -2.11. The van der Waals surface area contributed by atoms with Gasteiger partial charge < -0.3 is 14.0 Å². The van der Waals surface area contributed by atoms with Crippen LogP contribution in [0.5, 0.6) is 0 Å². The van der Waals surface area contributed by atoms with Gasteiger partial charge in [0, 0.05) is 20.3 Å². The van der Waals surface area contributed by atoms with Crippen LogP contribution in [0.25, 0.3) is 0 Å². The molecule has 17 heavy (non-hydrogen) atoms. The topological polar surface area (TPSA) is 27.7 Å². The first-order valence-corrected chi connectivity index (χ1v) is 7.11. The van der Waals surface area contributed by atoms with Crippen LogP contribution in [0.2, 0.25) is 0 Å². The Kier molecular flexibility index (Phi) is 14.0. The summed E-state index contributed by atoms with van der Waals surface area (Å²) in [7, 11) is 1.15. The van der Waals surface area contributed by atoms with Crippen molar-refractivity contribution >= 4 is 7.32 Å². The second-order valence-electron chi connectivity index (χ2n) is 4.39. The summed E-state index contributed by atoms with van der Waals surface area (Å²) in [5, 5.41) is 0. The minimum atomic E-state index is -0.474. The Labute approximate surface area is 107 Å². The summed E-state index contributed by atoms with van der Waals surface area (Å²) in [5.41, 5.74) is 0. The van der Waals surface area contributed by atoms with Crippen LogP contribution in [0.3, 0.4) is 0 Å². The van der Waals surface area contributed by atoms with Gasteiger partial charge in [0.25, 0.3) is 0 Å². The molecule has 0 bridgehead atoms. The van der Waals surface area contributed by atoms with Crippen molar-refractivity contribution in [2.75, 3.05) is 20.3 Å². The fraction of sp³-hybridized carbons (Fsp3) is 1.00. The lowest BCUT2D eigenvalue weighted by Crippen LogP contribution is -2.26. The first kappa shape index (κ1) is 16.9. The molecule has 0 saturated heterocycles. The fourth-order valence-corrected chi connectivity index (χ4v) is 1.60. The summed E-state index contributed by atoms with van der Waals surface area (Å²) in [5.74, 6) is 0. The Morgan fingerprint density at radius 2 is 1.18 bits per heavy atom. The zero-order valence-corrected chi connectivity index (χ0v) is 11.9. The van der Waals surface area contributed by atoms with Gasteiger partial charge in [-0.1, -0.05) is 52.4 Å². The van der Waals surface area contributed by atoms with E-state index in [1.807, 2.05) is 0 Å². The minimum Gasteiger partial charge on any atom is -0.389 e. The highest BCUT2D eigenvalue weighted by atomic mass is 16.7. The Balaban J connectivity index is 3.30. The molecule has 0 amide bonds. The standard InChI is InChI=1S/C13H29BO3/c1-4-6-8-10-12-16-14(15-3)17-13-11-9-7-5-2/h4-13H2,1-3H3. The Morgan fingerprint density at radius 3 is 1.53 bits per heavy atom. The van der Waals surface area contributed by atoms with E-state index in [1.54, 1.807) is 7.11 Å². The number of unbranched alkanes of at least 4 members (excludes halogenated alkanes) is 6. The van der Waals surface area contributed by atoms with Crippen molar-refractivity contribution in [2.45, 2.75) is 65.2 Å². The molecule has 0 spiro atoms. The van der Waals surface area contributed by atoms with Crippen LogP contribution in [-0.2, 0) is 14.0 Å². The van der Waals surface area contributed by atoms with E-state index < -0.39 is 7.32 Å². The van der Waals surface area contributed by atoms with E-state index in [4.69, 9.17) is 14.0 Å². The van der Waals surface area contributed by atoms with Crippen molar-refractivity contribution in [1.82, 2.24) is 0 Å². The van der Waals surface area contributed by atoms with Gasteiger partial charge in [-0.05, 0) is 12.8 Å². The van der Waals surface area contributed by atoms with Crippen molar-refractivity contribution in [3.63, 3.8) is 0 Å². The normalized spacial score (nSPS) is 10.8. The van der Waals surface area contributed by atoms with Gasteiger partial charge in [-0.3, -0.25) is 0 Å². The monoisotopic (exact) mass is 244 g/mol. The molecule has 4 heteroatoms. The fourth-order valence-electron chi connectivity index (χ4n) is 1.60. The van der Waals surface area contributed by atoms with E-state index in [0.29, 0.717) is 0 Å². The van der Waals surface area contributed by atoms with Crippen molar-refractivity contribution in [1.29, 1.82) is 0 Å². The summed E-state index contributed by atoms with van der Waals surface area (Å²) in [6, 6.07) is 0. The van der Waals surface area contributed by atoms with E-state index >= 15 is 0 Å². The number of hydrogen-bond acceptors (Lipinski definition) is 3. The Morgan fingerprint density at radius 1 is 0.706 bits per heavy atom. The van der Waals surface area contributed by atoms with Gasteiger partial charge in [0.2, 0.25) is 0 Å². The molecular formula is C13H29BO3. The predicted molar refractivity (Wildman–Crippen MR) is 73.0 cm³/mol. The molecule has 0 fully saturated rings. The van der Waals surface area contributed by atoms with Gasteiger partial charge in [-0.25, -0.2) is 0 Å². The van der Waals surface area contributed by atoms with Gasteiger partial charge in [-0.15, -0.1) is 0 Å². The molecule has 0 saturated carbocycles. The van der Waals surface area contributed by atoms with Crippen LogP contribution in [0, 0.1) is 0 Å². The van der Waals surface area contributed by atoms with Gasteiger partial charge in [0.05, 0.1) is 0 Å². The van der Waals surface area contributed by atoms with Crippen molar-refractivity contribution < 1.29 is 14.0 Å². The highest BCUT2D eigenvalue weighted by molar-refractivity contribution is 6.36. The molecule has 102 valence electrons.